The fourth-order valence-corrected chi connectivity index (χ4v) is 2.85. The third-order valence-electron chi connectivity index (χ3n) is 3.94. The molecule has 0 atom stereocenters. The monoisotopic (exact) mass is 279 g/mol. The average molecular weight is 279 g/mol. The molecule has 0 aliphatic rings. The van der Waals surface area contributed by atoms with Gasteiger partial charge in [0.05, 0.1) is 0 Å². The average Bonchev–Trinajstić information content (AvgIpc) is 2.62. The van der Waals surface area contributed by atoms with Crippen molar-refractivity contribution in [1.82, 2.24) is 0 Å². The van der Waals surface area contributed by atoms with E-state index in [0.717, 1.165) is 11.1 Å². The summed E-state index contributed by atoms with van der Waals surface area (Å²) >= 11 is 0. The van der Waals surface area contributed by atoms with Crippen molar-refractivity contribution in [2.45, 2.75) is 0 Å². The summed E-state index contributed by atoms with van der Waals surface area (Å²) in [4.78, 5) is 0. The van der Waals surface area contributed by atoms with E-state index in [-0.39, 0.29) is 0 Å². The maximum absolute atomic E-state index is 3.62. The van der Waals surface area contributed by atoms with E-state index in [1.807, 2.05) is 12.1 Å². The molecule has 0 nitrogen and oxygen atoms in total. The van der Waals surface area contributed by atoms with Gasteiger partial charge in [-0.05, 0) is 45.2 Å². The lowest BCUT2D eigenvalue weighted by atomic mass is 9.93. The molecule has 0 aliphatic carbocycles. The molecule has 0 saturated heterocycles. The minimum absolute atomic E-state index is 1.14. The van der Waals surface area contributed by atoms with Gasteiger partial charge in [0.1, 0.15) is 0 Å². The lowest BCUT2D eigenvalue weighted by Crippen LogP contribution is -1.85. The van der Waals surface area contributed by atoms with Crippen molar-refractivity contribution in [2.75, 3.05) is 0 Å². The number of hydrogen-bond donors (Lipinski definition) is 0. The molecular formula is C22H15. The smallest absolute Gasteiger partial charge is 0.000764 e. The van der Waals surface area contributed by atoms with E-state index in [1.165, 1.54) is 21.9 Å². The lowest BCUT2D eigenvalue weighted by molar-refractivity contribution is 1.61. The molecule has 0 spiro atoms. The van der Waals surface area contributed by atoms with Crippen LogP contribution in [0.3, 0.4) is 0 Å². The predicted octanol–water partition coefficient (Wildman–Crippen LogP) is 5.97. The standard InChI is InChI=1S/C22H15/c1-3-9-17(10-4-1)20-15-19-13-7-8-14-21(19)22(16-20)18-11-5-2-6-12-18/h1-15H. The maximum atomic E-state index is 3.62. The molecule has 0 amide bonds. The Morgan fingerprint density at radius 3 is 1.86 bits per heavy atom. The Morgan fingerprint density at radius 2 is 1.14 bits per heavy atom. The summed E-state index contributed by atoms with van der Waals surface area (Å²) in [5.74, 6) is 0. The lowest BCUT2D eigenvalue weighted by Gasteiger charge is -2.10. The highest BCUT2D eigenvalue weighted by Gasteiger charge is 2.07. The van der Waals surface area contributed by atoms with Crippen LogP contribution in [0.15, 0.2) is 91.0 Å². The molecular weight excluding hydrogens is 264 g/mol. The quantitative estimate of drug-likeness (QED) is 0.424. The summed E-state index contributed by atoms with van der Waals surface area (Å²) < 4.78 is 0. The number of hydrogen-bond acceptors (Lipinski definition) is 0. The molecule has 103 valence electrons. The first-order valence-corrected chi connectivity index (χ1v) is 7.48. The second-order valence-electron chi connectivity index (χ2n) is 5.38. The molecule has 22 heavy (non-hydrogen) atoms. The Bertz CT molecular complexity index is 906. The molecule has 4 aromatic carbocycles. The molecule has 0 heterocycles. The second kappa shape index (κ2) is 5.50. The molecule has 0 heteroatoms. The van der Waals surface area contributed by atoms with Gasteiger partial charge in [0.2, 0.25) is 0 Å². The van der Waals surface area contributed by atoms with Gasteiger partial charge in [0.25, 0.3) is 0 Å². The van der Waals surface area contributed by atoms with E-state index < -0.39 is 0 Å². The molecule has 0 fully saturated rings. The van der Waals surface area contributed by atoms with Crippen molar-refractivity contribution >= 4 is 10.8 Å². The van der Waals surface area contributed by atoms with Crippen molar-refractivity contribution in [2.24, 2.45) is 0 Å². The van der Waals surface area contributed by atoms with Gasteiger partial charge in [-0.1, -0.05) is 84.9 Å². The molecule has 0 aliphatic heterocycles. The highest BCUT2D eigenvalue weighted by atomic mass is 14.1. The van der Waals surface area contributed by atoms with E-state index in [4.69, 9.17) is 0 Å². The Labute approximate surface area is 130 Å². The molecule has 0 saturated carbocycles. The first kappa shape index (κ1) is 12.8. The van der Waals surface area contributed by atoms with E-state index in [0.29, 0.717) is 0 Å². The van der Waals surface area contributed by atoms with Gasteiger partial charge in [-0.25, -0.2) is 0 Å². The summed E-state index contributed by atoms with van der Waals surface area (Å²) in [6.07, 6.45) is 0. The van der Waals surface area contributed by atoms with E-state index >= 15 is 0 Å². The van der Waals surface area contributed by atoms with Crippen LogP contribution in [0.5, 0.6) is 0 Å². The largest absolute Gasteiger partial charge is 0.0622 e. The van der Waals surface area contributed by atoms with Crippen molar-refractivity contribution in [1.29, 1.82) is 0 Å². The second-order valence-corrected chi connectivity index (χ2v) is 5.38. The summed E-state index contributed by atoms with van der Waals surface area (Å²) in [5, 5.41) is 2.49. The first-order chi connectivity index (χ1) is 10.9. The SMILES string of the molecule is [c]1c(-c2ccccc2)cc2ccccc2c1-c1ccccc1. The van der Waals surface area contributed by atoms with Crippen LogP contribution in [0, 0.1) is 6.07 Å². The minimum Gasteiger partial charge on any atom is -0.0622 e. The van der Waals surface area contributed by atoms with Crippen LogP contribution >= 0.6 is 0 Å². The van der Waals surface area contributed by atoms with E-state index in [9.17, 15) is 0 Å². The van der Waals surface area contributed by atoms with Crippen LogP contribution in [-0.4, -0.2) is 0 Å². The van der Waals surface area contributed by atoms with Crippen LogP contribution < -0.4 is 0 Å². The van der Waals surface area contributed by atoms with Crippen LogP contribution in [0.25, 0.3) is 33.0 Å². The van der Waals surface area contributed by atoms with Gasteiger partial charge in [0, 0.05) is 0 Å². The first-order valence-electron chi connectivity index (χ1n) is 7.48. The van der Waals surface area contributed by atoms with Crippen molar-refractivity contribution in [3.8, 4) is 22.3 Å². The van der Waals surface area contributed by atoms with Crippen molar-refractivity contribution in [3.63, 3.8) is 0 Å². The third kappa shape index (κ3) is 2.29. The van der Waals surface area contributed by atoms with Gasteiger partial charge < -0.3 is 0 Å². The summed E-state index contributed by atoms with van der Waals surface area (Å²) in [6.45, 7) is 0. The maximum Gasteiger partial charge on any atom is -0.000764 e. The predicted molar refractivity (Wildman–Crippen MR) is 93.7 cm³/mol. The molecule has 4 aromatic rings. The van der Waals surface area contributed by atoms with Crippen LogP contribution in [-0.2, 0) is 0 Å². The Kier molecular flexibility index (Phi) is 3.21. The van der Waals surface area contributed by atoms with Crippen molar-refractivity contribution < 1.29 is 0 Å². The van der Waals surface area contributed by atoms with Gasteiger partial charge >= 0.3 is 0 Å². The number of fused-ring (bicyclic) bond motifs is 1. The van der Waals surface area contributed by atoms with Gasteiger partial charge in [-0.3, -0.25) is 0 Å². The highest BCUT2D eigenvalue weighted by Crippen LogP contribution is 2.33. The van der Waals surface area contributed by atoms with Crippen LogP contribution in [0.2, 0.25) is 0 Å². The molecule has 0 aromatic heterocycles. The summed E-state index contributed by atoms with van der Waals surface area (Å²) in [5.41, 5.74) is 4.71. The van der Waals surface area contributed by atoms with Crippen molar-refractivity contribution in [3.05, 3.63) is 97.1 Å². The van der Waals surface area contributed by atoms with Gasteiger partial charge in [0.15, 0.2) is 0 Å². The molecule has 0 unspecified atom stereocenters. The van der Waals surface area contributed by atoms with Crippen LogP contribution in [0.1, 0.15) is 0 Å². The molecule has 0 bridgehead atoms. The zero-order valence-electron chi connectivity index (χ0n) is 12.2. The molecule has 4 rings (SSSR count). The fourth-order valence-electron chi connectivity index (χ4n) is 2.85. The topological polar surface area (TPSA) is 0 Å². The molecule has 0 N–H and O–H groups in total. The van der Waals surface area contributed by atoms with E-state index in [1.54, 1.807) is 0 Å². The van der Waals surface area contributed by atoms with Crippen LogP contribution in [0.4, 0.5) is 0 Å². The third-order valence-corrected chi connectivity index (χ3v) is 3.94. The number of rotatable bonds is 2. The van der Waals surface area contributed by atoms with Gasteiger partial charge in [-0.15, -0.1) is 0 Å². The highest BCUT2D eigenvalue weighted by molar-refractivity contribution is 5.99. The minimum atomic E-state index is 1.14. The normalized spacial score (nSPS) is 10.7. The zero-order chi connectivity index (χ0) is 14.8. The zero-order valence-corrected chi connectivity index (χ0v) is 12.2. The summed E-state index contributed by atoms with van der Waals surface area (Å²) in [7, 11) is 0. The Morgan fingerprint density at radius 1 is 0.545 bits per heavy atom. The number of benzene rings is 4. The van der Waals surface area contributed by atoms with E-state index in [2.05, 4.69) is 84.9 Å². The Hall–Kier alpha value is -2.86. The summed E-state index contributed by atoms with van der Waals surface area (Å²) in [6, 6.07) is 35.3. The molecule has 1 radical (unpaired) electrons. The Balaban J connectivity index is 2.02. The fraction of sp³-hybridized carbons (Fsp3) is 0. The van der Waals surface area contributed by atoms with Gasteiger partial charge in [-0.2, -0.15) is 0 Å².